The van der Waals surface area contributed by atoms with Crippen LogP contribution < -0.4 is 11.1 Å². The van der Waals surface area contributed by atoms with E-state index in [9.17, 15) is 14.7 Å². The summed E-state index contributed by atoms with van der Waals surface area (Å²) >= 11 is 0. The number of aromatic nitrogens is 3. The summed E-state index contributed by atoms with van der Waals surface area (Å²) in [6, 6.07) is -1.08. The first-order valence-electron chi connectivity index (χ1n) is 10.3. The average molecular weight is 409 g/mol. The van der Waals surface area contributed by atoms with Gasteiger partial charge < -0.3 is 25.8 Å². The lowest BCUT2D eigenvalue weighted by atomic mass is 9.87. The standard InChI is InChI=1S/C19H32N6O4/c1-4-29-15-7-14(8-15)25-9-13(22-23-25)5-6-19(28)10-24(11-19)17(26)16(12(2)3)21-18(20)27/h9,12,14-16,28H,4-8,10-11H2,1-3H3,(H3,20,21,27)/t14?,15?,16-/m1/s1. The Bertz CT molecular complexity index is 724. The molecule has 4 N–H and O–H groups in total. The SMILES string of the molecule is CCOC1CC(n2cc(CCC3(O)CN(C(=O)[C@H](NC(N)=O)C(C)C)C3)nn2)C1. The Morgan fingerprint density at radius 3 is 2.69 bits per heavy atom. The van der Waals surface area contributed by atoms with Crippen molar-refractivity contribution in [1.29, 1.82) is 0 Å². The molecule has 2 heterocycles. The van der Waals surface area contributed by atoms with Crippen molar-refractivity contribution in [1.82, 2.24) is 25.2 Å². The van der Waals surface area contributed by atoms with Gasteiger partial charge in [0.15, 0.2) is 0 Å². The Hall–Kier alpha value is -2.20. The quantitative estimate of drug-likeness (QED) is 0.535. The van der Waals surface area contributed by atoms with Gasteiger partial charge in [0.2, 0.25) is 5.91 Å². The van der Waals surface area contributed by atoms with Gasteiger partial charge in [-0.3, -0.25) is 4.79 Å². The Balaban J connectivity index is 1.44. The molecule has 1 aromatic heterocycles. The highest BCUT2D eigenvalue weighted by Gasteiger charge is 2.45. The van der Waals surface area contributed by atoms with Gasteiger partial charge in [0.05, 0.1) is 30.9 Å². The average Bonchev–Trinajstić information content (AvgIpc) is 3.05. The molecule has 162 valence electrons. The van der Waals surface area contributed by atoms with Crippen LogP contribution in [-0.2, 0) is 16.0 Å². The Labute approximate surface area is 170 Å². The van der Waals surface area contributed by atoms with Gasteiger partial charge >= 0.3 is 6.03 Å². The number of aliphatic hydroxyl groups is 1. The Kier molecular flexibility index (Phi) is 6.42. The number of hydrogen-bond donors (Lipinski definition) is 3. The first-order chi connectivity index (χ1) is 13.7. The van der Waals surface area contributed by atoms with Crippen molar-refractivity contribution in [3.8, 4) is 0 Å². The zero-order chi connectivity index (χ0) is 21.2. The van der Waals surface area contributed by atoms with E-state index in [-0.39, 0.29) is 24.9 Å². The number of β-amino-alcohol motifs (C(OH)–C–C–N with tert-alkyl or cyclic N) is 1. The summed E-state index contributed by atoms with van der Waals surface area (Å²) in [5.74, 6) is -0.309. The highest BCUT2D eigenvalue weighted by molar-refractivity contribution is 5.87. The van der Waals surface area contributed by atoms with E-state index in [0.29, 0.717) is 25.0 Å². The smallest absolute Gasteiger partial charge is 0.312 e. The number of carbonyl (C=O) groups is 2. The van der Waals surface area contributed by atoms with Crippen LogP contribution in [-0.4, -0.2) is 74.4 Å². The number of carbonyl (C=O) groups excluding carboxylic acids is 2. The molecule has 2 aliphatic rings. The second kappa shape index (κ2) is 8.66. The third kappa shape index (κ3) is 5.05. The van der Waals surface area contributed by atoms with Crippen LogP contribution in [0.5, 0.6) is 0 Å². The molecule has 0 unspecified atom stereocenters. The third-order valence-corrected chi connectivity index (χ3v) is 5.76. The van der Waals surface area contributed by atoms with Crippen LogP contribution in [0.2, 0.25) is 0 Å². The van der Waals surface area contributed by atoms with Gasteiger partial charge in [-0.2, -0.15) is 0 Å². The second-order valence-corrected chi connectivity index (χ2v) is 8.54. The van der Waals surface area contributed by atoms with Gasteiger partial charge in [-0.1, -0.05) is 19.1 Å². The number of rotatable bonds is 9. The first kappa shape index (κ1) is 21.5. The predicted octanol–water partition coefficient (Wildman–Crippen LogP) is 0.217. The number of likely N-dealkylation sites (tertiary alicyclic amines) is 1. The van der Waals surface area contributed by atoms with Crippen LogP contribution in [0.25, 0.3) is 0 Å². The fourth-order valence-corrected chi connectivity index (χ4v) is 3.93. The summed E-state index contributed by atoms with van der Waals surface area (Å²) in [5.41, 5.74) is 5.05. The summed E-state index contributed by atoms with van der Waals surface area (Å²) in [6.07, 6.45) is 5.24. The third-order valence-electron chi connectivity index (χ3n) is 5.76. The van der Waals surface area contributed by atoms with E-state index in [4.69, 9.17) is 10.5 Å². The van der Waals surface area contributed by atoms with Gasteiger partial charge in [-0.25, -0.2) is 9.48 Å². The topological polar surface area (TPSA) is 136 Å². The van der Waals surface area contributed by atoms with E-state index in [0.717, 1.165) is 25.1 Å². The molecule has 3 amide bonds. The maximum absolute atomic E-state index is 12.6. The van der Waals surface area contributed by atoms with Crippen molar-refractivity contribution < 1.29 is 19.4 Å². The predicted molar refractivity (Wildman–Crippen MR) is 105 cm³/mol. The van der Waals surface area contributed by atoms with Crippen LogP contribution in [0.1, 0.15) is 51.8 Å². The van der Waals surface area contributed by atoms with E-state index in [1.54, 1.807) is 4.90 Å². The van der Waals surface area contributed by atoms with Crippen molar-refractivity contribution in [2.24, 2.45) is 11.7 Å². The zero-order valence-electron chi connectivity index (χ0n) is 17.4. The Morgan fingerprint density at radius 2 is 2.10 bits per heavy atom. The number of primary amides is 1. The van der Waals surface area contributed by atoms with E-state index in [1.807, 2.05) is 31.6 Å². The fraction of sp³-hybridized carbons (Fsp3) is 0.789. The lowest BCUT2D eigenvalue weighted by Gasteiger charge is -2.48. The van der Waals surface area contributed by atoms with Crippen molar-refractivity contribution in [3.05, 3.63) is 11.9 Å². The number of nitrogens with zero attached hydrogens (tertiary/aromatic N) is 4. The normalized spacial score (nSPS) is 24.0. The van der Waals surface area contributed by atoms with Gasteiger partial charge in [0.25, 0.3) is 0 Å². The van der Waals surface area contributed by atoms with Crippen LogP contribution in [0.15, 0.2) is 6.20 Å². The number of nitrogens with one attached hydrogen (secondary N) is 1. The number of ether oxygens (including phenoxy) is 1. The van der Waals surface area contributed by atoms with E-state index < -0.39 is 17.7 Å². The zero-order valence-corrected chi connectivity index (χ0v) is 17.4. The maximum atomic E-state index is 12.6. The van der Waals surface area contributed by atoms with Crippen LogP contribution in [0.4, 0.5) is 4.79 Å². The molecule has 1 saturated heterocycles. The summed E-state index contributed by atoms with van der Waals surface area (Å²) in [5, 5.41) is 21.6. The molecule has 0 aromatic carbocycles. The minimum atomic E-state index is -0.940. The second-order valence-electron chi connectivity index (χ2n) is 8.54. The Morgan fingerprint density at radius 1 is 1.41 bits per heavy atom. The molecule has 10 heteroatoms. The molecule has 0 spiro atoms. The van der Waals surface area contributed by atoms with E-state index in [2.05, 4.69) is 15.6 Å². The van der Waals surface area contributed by atoms with Gasteiger partial charge in [0, 0.05) is 12.8 Å². The molecule has 29 heavy (non-hydrogen) atoms. The molecule has 1 aromatic rings. The molecular formula is C19H32N6O4. The highest BCUT2D eigenvalue weighted by atomic mass is 16.5. The molecule has 3 rings (SSSR count). The molecule has 2 fully saturated rings. The largest absolute Gasteiger partial charge is 0.386 e. The summed E-state index contributed by atoms with van der Waals surface area (Å²) in [7, 11) is 0. The molecule has 0 bridgehead atoms. The molecule has 1 aliphatic heterocycles. The summed E-state index contributed by atoms with van der Waals surface area (Å²) in [6.45, 7) is 6.89. The van der Waals surface area contributed by atoms with Gasteiger partial charge in [-0.15, -0.1) is 5.10 Å². The highest BCUT2D eigenvalue weighted by Crippen LogP contribution is 2.34. The summed E-state index contributed by atoms with van der Waals surface area (Å²) in [4.78, 5) is 25.2. The number of hydrogen-bond acceptors (Lipinski definition) is 6. The minimum absolute atomic E-state index is 0.0902. The molecule has 1 saturated carbocycles. The number of urea groups is 1. The lowest BCUT2D eigenvalue weighted by Crippen LogP contribution is -2.67. The first-order valence-corrected chi connectivity index (χ1v) is 10.3. The molecule has 0 radical (unpaired) electrons. The molecule has 1 atom stereocenters. The van der Waals surface area contributed by atoms with E-state index in [1.165, 1.54) is 0 Å². The van der Waals surface area contributed by atoms with Crippen molar-refractivity contribution in [2.75, 3.05) is 19.7 Å². The van der Waals surface area contributed by atoms with Crippen LogP contribution in [0, 0.1) is 5.92 Å². The number of amides is 3. The maximum Gasteiger partial charge on any atom is 0.312 e. The molecule has 10 nitrogen and oxygen atoms in total. The van der Waals surface area contributed by atoms with Gasteiger partial charge in [0.1, 0.15) is 11.6 Å². The summed E-state index contributed by atoms with van der Waals surface area (Å²) < 4.78 is 7.46. The van der Waals surface area contributed by atoms with E-state index >= 15 is 0 Å². The van der Waals surface area contributed by atoms with Crippen molar-refractivity contribution in [2.45, 2.75) is 70.2 Å². The molecular weight excluding hydrogens is 376 g/mol. The van der Waals surface area contributed by atoms with Crippen LogP contribution in [0.3, 0.4) is 0 Å². The number of nitrogens with two attached hydrogens (primary N) is 1. The number of aryl methyl sites for hydroxylation is 1. The van der Waals surface area contributed by atoms with Gasteiger partial charge in [-0.05, 0) is 38.5 Å². The van der Waals surface area contributed by atoms with Crippen molar-refractivity contribution >= 4 is 11.9 Å². The van der Waals surface area contributed by atoms with Crippen LogP contribution >= 0.6 is 0 Å². The van der Waals surface area contributed by atoms with Crippen molar-refractivity contribution in [3.63, 3.8) is 0 Å². The fourth-order valence-electron chi connectivity index (χ4n) is 3.93. The lowest BCUT2D eigenvalue weighted by molar-refractivity contribution is -0.159. The monoisotopic (exact) mass is 408 g/mol. The minimum Gasteiger partial charge on any atom is -0.386 e. The molecule has 1 aliphatic carbocycles.